The molecule has 0 amide bonds. The van der Waals surface area contributed by atoms with Gasteiger partial charge in [-0.05, 0) is 47.7 Å². The highest BCUT2D eigenvalue weighted by Crippen LogP contribution is 2.25. The van der Waals surface area contributed by atoms with Gasteiger partial charge < -0.3 is 0 Å². The van der Waals surface area contributed by atoms with Gasteiger partial charge in [-0.15, -0.1) is 0 Å². The molecular weight excluding hydrogens is 192 g/mol. The second kappa shape index (κ2) is 4.56. The molecule has 0 saturated heterocycles. The van der Waals surface area contributed by atoms with Crippen LogP contribution in [0.15, 0.2) is 22.4 Å². The van der Waals surface area contributed by atoms with Crippen LogP contribution in [0, 0.1) is 5.92 Å². The van der Waals surface area contributed by atoms with Gasteiger partial charge in [0.05, 0.1) is 0 Å². The lowest BCUT2D eigenvalue weighted by atomic mass is 9.92. The quantitative estimate of drug-likeness (QED) is 0.691. The van der Waals surface area contributed by atoms with Gasteiger partial charge in [-0.25, -0.2) is 0 Å². The SMILES string of the molecule is CC(=O)C(=C(C)c1ccsc1)C(C)C. The number of rotatable bonds is 3. The fourth-order valence-electron chi connectivity index (χ4n) is 1.74. The average Bonchev–Trinajstić information content (AvgIpc) is 2.53. The zero-order chi connectivity index (χ0) is 10.7. The molecule has 2 heteroatoms. The summed E-state index contributed by atoms with van der Waals surface area (Å²) in [5.41, 5.74) is 3.24. The van der Waals surface area contributed by atoms with Gasteiger partial charge >= 0.3 is 0 Å². The molecule has 0 fully saturated rings. The third-order valence-electron chi connectivity index (χ3n) is 2.31. The Morgan fingerprint density at radius 2 is 2.00 bits per heavy atom. The zero-order valence-corrected chi connectivity index (χ0v) is 9.94. The van der Waals surface area contributed by atoms with E-state index in [0.29, 0.717) is 5.92 Å². The van der Waals surface area contributed by atoms with Crippen LogP contribution in [0.2, 0.25) is 0 Å². The zero-order valence-electron chi connectivity index (χ0n) is 9.13. The van der Waals surface area contributed by atoms with Crippen LogP contribution in [0.25, 0.3) is 5.57 Å². The Bertz CT molecular complexity index is 344. The van der Waals surface area contributed by atoms with E-state index in [0.717, 1.165) is 11.1 Å². The average molecular weight is 208 g/mol. The first-order valence-corrected chi connectivity index (χ1v) is 5.72. The van der Waals surface area contributed by atoms with E-state index in [1.807, 2.05) is 12.3 Å². The van der Waals surface area contributed by atoms with Crippen molar-refractivity contribution in [3.63, 3.8) is 0 Å². The van der Waals surface area contributed by atoms with E-state index in [4.69, 9.17) is 0 Å². The van der Waals surface area contributed by atoms with Crippen LogP contribution in [0.3, 0.4) is 0 Å². The Morgan fingerprint density at radius 3 is 2.36 bits per heavy atom. The number of carbonyl (C=O) groups is 1. The van der Waals surface area contributed by atoms with Gasteiger partial charge in [0.15, 0.2) is 5.78 Å². The molecule has 0 N–H and O–H groups in total. The van der Waals surface area contributed by atoms with Crippen molar-refractivity contribution in [2.75, 3.05) is 0 Å². The summed E-state index contributed by atoms with van der Waals surface area (Å²) >= 11 is 1.66. The highest BCUT2D eigenvalue weighted by Gasteiger charge is 2.13. The van der Waals surface area contributed by atoms with Gasteiger partial charge in [0.1, 0.15) is 0 Å². The van der Waals surface area contributed by atoms with Crippen molar-refractivity contribution in [3.05, 3.63) is 28.0 Å². The molecule has 14 heavy (non-hydrogen) atoms. The van der Waals surface area contributed by atoms with Crippen LogP contribution < -0.4 is 0 Å². The first-order chi connectivity index (χ1) is 6.54. The fraction of sp³-hybridized carbons (Fsp3) is 0.417. The monoisotopic (exact) mass is 208 g/mol. The molecule has 0 saturated carbocycles. The Hall–Kier alpha value is -0.890. The molecule has 1 aromatic heterocycles. The summed E-state index contributed by atoms with van der Waals surface area (Å²) in [6.45, 7) is 7.79. The first-order valence-electron chi connectivity index (χ1n) is 4.78. The summed E-state index contributed by atoms with van der Waals surface area (Å²) in [5, 5.41) is 4.12. The van der Waals surface area contributed by atoms with Crippen molar-refractivity contribution in [2.45, 2.75) is 27.7 Å². The number of allylic oxidation sites excluding steroid dienone is 2. The smallest absolute Gasteiger partial charge is 0.156 e. The molecule has 1 aromatic rings. The van der Waals surface area contributed by atoms with Gasteiger partial charge in [-0.3, -0.25) is 4.79 Å². The Kier molecular flexibility index (Phi) is 3.64. The molecule has 1 rings (SSSR count). The molecule has 1 nitrogen and oxygen atoms in total. The molecule has 0 aromatic carbocycles. The molecule has 0 aliphatic carbocycles. The lowest BCUT2D eigenvalue weighted by Gasteiger charge is -2.11. The topological polar surface area (TPSA) is 17.1 Å². The number of carbonyl (C=O) groups excluding carboxylic acids is 1. The molecule has 0 aliphatic heterocycles. The van der Waals surface area contributed by atoms with Gasteiger partial charge in [0, 0.05) is 5.57 Å². The van der Waals surface area contributed by atoms with E-state index in [9.17, 15) is 4.79 Å². The molecular formula is C12H16OS. The highest BCUT2D eigenvalue weighted by molar-refractivity contribution is 7.08. The van der Waals surface area contributed by atoms with E-state index in [2.05, 4.69) is 25.3 Å². The fourth-order valence-corrected chi connectivity index (χ4v) is 2.44. The van der Waals surface area contributed by atoms with Gasteiger partial charge in [-0.2, -0.15) is 11.3 Å². The van der Waals surface area contributed by atoms with Crippen LogP contribution in [-0.2, 0) is 4.79 Å². The summed E-state index contributed by atoms with van der Waals surface area (Å²) in [6.07, 6.45) is 0. The third kappa shape index (κ3) is 2.32. The lowest BCUT2D eigenvalue weighted by Crippen LogP contribution is -2.06. The molecule has 0 radical (unpaired) electrons. The molecule has 0 bridgehead atoms. The minimum atomic E-state index is 0.184. The minimum absolute atomic E-state index is 0.184. The minimum Gasteiger partial charge on any atom is -0.295 e. The van der Waals surface area contributed by atoms with Crippen molar-refractivity contribution in [3.8, 4) is 0 Å². The van der Waals surface area contributed by atoms with Crippen LogP contribution in [0.5, 0.6) is 0 Å². The molecule has 0 atom stereocenters. The summed E-state index contributed by atoms with van der Waals surface area (Å²) in [7, 11) is 0. The maximum atomic E-state index is 11.5. The second-order valence-electron chi connectivity index (χ2n) is 3.76. The molecule has 0 spiro atoms. The predicted molar refractivity (Wildman–Crippen MR) is 62.4 cm³/mol. The number of ketones is 1. The Balaban J connectivity index is 3.18. The van der Waals surface area contributed by atoms with Crippen molar-refractivity contribution in [2.24, 2.45) is 5.92 Å². The van der Waals surface area contributed by atoms with E-state index in [1.165, 1.54) is 5.56 Å². The standard InChI is InChI=1S/C12H16OS/c1-8(2)12(10(4)13)9(3)11-5-6-14-7-11/h5-8H,1-4H3. The number of hydrogen-bond acceptors (Lipinski definition) is 2. The summed E-state index contributed by atoms with van der Waals surface area (Å²) in [6, 6.07) is 2.06. The molecule has 0 unspecified atom stereocenters. The van der Waals surface area contributed by atoms with Crippen molar-refractivity contribution >= 4 is 22.7 Å². The van der Waals surface area contributed by atoms with Crippen molar-refractivity contribution in [1.29, 1.82) is 0 Å². The maximum absolute atomic E-state index is 11.5. The van der Waals surface area contributed by atoms with Crippen LogP contribution in [0.1, 0.15) is 33.3 Å². The van der Waals surface area contributed by atoms with Crippen LogP contribution >= 0.6 is 11.3 Å². The predicted octanol–water partition coefficient (Wildman–Crippen LogP) is 3.77. The maximum Gasteiger partial charge on any atom is 0.156 e. The van der Waals surface area contributed by atoms with E-state index >= 15 is 0 Å². The molecule has 0 aliphatic rings. The van der Waals surface area contributed by atoms with Crippen molar-refractivity contribution in [1.82, 2.24) is 0 Å². The molecule has 76 valence electrons. The van der Waals surface area contributed by atoms with Gasteiger partial charge in [0.2, 0.25) is 0 Å². The third-order valence-corrected chi connectivity index (χ3v) is 3.00. The number of Topliss-reactive ketones (excluding diaryl/α,β-unsaturated/α-hetero) is 1. The summed E-state index contributed by atoms with van der Waals surface area (Å²) in [5.74, 6) is 0.483. The van der Waals surface area contributed by atoms with Crippen LogP contribution in [0.4, 0.5) is 0 Å². The van der Waals surface area contributed by atoms with Gasteiger partial charge in [-0.1, -0.05) is 13.8 Å². The molecule has 1 heterocycles. The van der Waals surface area contributed by atoms with E-state index in [1.54, 1.807) is 18.3 Å². The van der Waals surface area contributed by atoms with Gasteiger partial charge in [0.25, 0.3) is 0 Å². The Labute approximate surface area is 89.5 Å². The van der Waals surface area contributed by atoms with E-state index in [-0.39, 0.29) is 5.78 Å². The summed E-state index contributed by atoms with van der Waals surface area (Å²) in [4.78, 5) is 11.5. The Morgan fingerprint density at radius 1 is 1.36 bits per heavy atom. The largest absolute Gasteiger partial charge is 0.295 e. The number of thiophene rings is 1. The first kappa shape index (κ1) is 11.2. The lowest BCUT2D eigenvalue weighted by molar-refractivity contribution is -0.113. The normalized spacial score (nSPS) is 12.9. The van der Waals surface area contributed by atoms with Crippen molar-refractivity contribution < 1.29 is 4.79 Å². The highest BCUT2D eigenvalue weighted by atomic mass is 32.1. The number of hydrogen-bond donors (Lipinski definition) is 0. The second-order valence-corrected chi connectivity index (χ2v) is 4.54. The van der Waals surface area contributed by atoms with Crippen LogP contribution in [-0.4, -0.2) is 5.78 Å². The van der Waals surface area contributed by atoms with E-state index < -0.39 is 0 Å². The summed E-state index contributed by atoms with van der Waals surface area (Å²) < 4.78 is 0.